The first-order valence-corrected chi connectivity index (χ1v) is 7.91. The summed E-state index contributed by atoms with van der Waals surface area (Å²) in [4.78, 5) is 4.60. The van der Waals surface area contributed by atoms with Gasteiger partial charge in [-0.1, -0.05) is 12.1 Å². The summed E-state index contributed by atoms with van der Waals surface area (Å²) in [5.74, 6) is 2.07. The van der Waals surface area contributed by atoms with E-state index >= 15 is 0 Å². The fourth-order valence-electron chi connectivity index (χ4n) is 2.78. The van der Waals surface area contributed by atoms with Gasteiger partial charge in [-0.2, -0.15) is 4.98 Å². The van der Waals surface area contributed by atoms with Gasteiger partial charge >= 0.3 is 0 Å². The lowest BCUT2D eigenvalue weighted by molar-refractivity contribution is 0.250. The molecule has 2 aromatic rings. The molecule has 0 saturated carbocycles. The normalized spacial score (nSPS) is 21.7. The number of ether oxygens (including phenoxy) is 1. The molecule has 1 aromatic heterocycles. The smallest absolute Gasteiger partial charge is 0.247 e. The van der Waals surface area contributed by atoms with Crippen LogP contribution in [-0.4, -0.2) is 23.8 Å². The van der Waals surface area contributed by atoms with Gasteiger partial charge < -0.3 is 14.6 Å². The van der Waals surface area contributed by atoms with E-state index in [9.17, 15) is 0 Å². The van der Waals surface area contributed by atoms with Crippen LogP contribution in [0.5, 0.6) is 5.75 Å². The van der Waals surface area contributed by atoms with E-state index in [-0.39, 0.29) is 5.54 Å². The highest BCUT2D eigenvalue weighted by atomic mass is 79.9. The number of methoxy groups -OCH3 is 1. The van der Waals surface area contributed by atoms with Gasteiger partial charge in [0.15, 0.2) is 0 Å². The van der Waals surface area contributed by atoms with Gasteiger partial charge in [0.2, 0.25) is 11.7 Å². The molecular weight excluding hydrogens is 334 g/mol. The molecule has 1 unspecified atom stereocenters. The van der Waals surface area contributed by atoms with Gasteiger partial charge in [-0.05, 0) is 59.9 Å². The number of hydrogen-bond donors (Lipinski definition) is 1. The zero-order chi connectivity index (χ0) is 14.9. The molecule has 0 aliphatic carbocycles. The van der Waals surface area contributed by atoms with E-state index in [1.165, 1.54) is 0 Å². The molecule has 0 amide bonds. The van der Waals surface area contributed by atoms with E-state index in [1.807, 2.05) is 18.2 Å². The highest BCUT2D eigenvalue weighted by molar-refractivity contribution is 9.10. The Labute approximate surface area is 132 Å². The molecule has 1 N–H and O–H groups in total. The summed E-state index contributed by atoms with van der Waals surface area (Å²) in [7, 11) is 1.64. The standard InChI is InChI=1S/C15H18BrN3O2/c1-3-15(7-4-8-17-15)14-18-13(19-21-14)10-5-6-12(20-2)11(16)9-10/h5-6,9,17H,3-4,7-8H2,1-2H3. The van der Waals surface area contributed by atoms with E-state index < -0.39 is 0 Å². The van der Waals surface area contributed by atoms with Crippen LogP contribution in [0.3, 0.4) is 0 Å². The van der Waals surface area contributed by atoms with Crippen molar-refractivity contribution in [1.29, 1.82) is 0 Å². The van der Waals surface area contributed by atoms with Gasteiger partial charge in [0.1, 0.15) is 5.75 Å². The van der Waals surface area contributed by atoms with Crippen molar-refractivity contribution in [3.8, 4) is 17.1 Å². The number of nitrogens with one attached hydrogen (secondary N) is 1. The van der Waals surface area contributed by atoms with Crippen molar-refractivity contribution in [3.63, 3.8) is 0 Å². The van der Waals surface area contributed by atoms with E-state index in [1.54, 1.807) is 7.11 Å². The van der Waals surface area contributed by atoms with Crippen molar-refractivity contribution < 1.29 is 9.26 Å². The van der Waals surface area contributed by atoms with Gasteiger partial charge in [-0.25, -0.2) is 0 Å². The second-order valence-corrected chi connectivity index (χ2v) is 6.09. The lowest BCUT2D eigenvalue weighted by atomic mass is 9.94. The van der Waals surface area contributed by atoms with Crippen LogP contribution >= 0.6 is 15.9 Å². The lowest BCUT2D eigenvalue weighted by Gasteiger charge is -2.22. The lowest BCUT2D eigenvalue weighted by Crippen LogP contribution is -2.36. The molecule has 0 bridgehead atoms. The van der Waals surface area contributed by atoms with Crippen LogP contribution in [0.4, 0.5) is 0 Å². The molecule has 1 fully saturated rings. The Morgan fingerprint density at radius 1 is 1.48 bits per heavy atom. The first-order valence-electron chi connectivity index (χ1n) is 7.11. The van der Waals surface area contributed by atoms with Crippen LogP contribution in [0.2, 0.25) is 0 Å². The number of benzene rings is 1. The van der Waals surface area contributed by atoms with E-state index in [4.69, 9.17) is 9.26 Å². The predicted molar refractivity (Wildman–Crippen MR) is 83.2 cm³/mol. The summed E-state index contributed by atoms with van der Waals surface area (Å²) in [6.45, 7) is 3.14. The quantitative estimate of drug-likeness (QED) is 0.913. The molecular formula is C15H18BrN3O2. The molecule has 1 aliphatic heterocycles. The zero-order valence-corrected chi connectivity index (χ0v) is 13.7. The van der Waals surface area contributed by atoms with Gasteiger partial charge in [0.05, 0.1) is 17.1 Å². The van der Waals surface area contributed by atoms with Crippen LogP contribution in [0.15, 0.2) is 27.2 Å². The van der Waals surface area contributed by atoms with Gasteiger partial charge in [-0.3, -0.25) is 0 Å². The van der Waals surface area contributed by atoms with Crippen molar-refractivity contribution in [2.75, 3.05) is 13.7 Å². The highest BCUT2D eigenvalue weighted by Crippen LogP contribution is 2.35. The summed E-state index contributed by atoms with van der Waals surface area (Å²) in [6, 6.07) is 5.76. The minimum atomic E-state index is -0.158. The Bertz CT molecular complexity index is 636. The molecule has 1 atom stereocenters. The average Bonchev–Trinajstić information content (AvgIpc) is 3.17. The number of rotatable bonds is 4. The molecule has 5 nitrogen and oxygen atoms in total. The van der Waals surface area contributed by atoms with Gasteiger partial charge in [-0.15, -0.1) is 0 Å². The average molecular weight is 352 g/mol. The second-order valence-electron chi connectivity index (χ2n) is 5.24. The minimum Gasteiger partial charge on any atom is -0.496 e. The first-order chi connectivity index (χ1) is 10.2. The summed E-state index contributed by atoms with van der Waals surface area (Å²) in [5.41, 5.74) is 0.747. The Kier molecular flexibility index (Phi) is 3.99. The monoisotopic (exact) mass is 351 g/mol. The summed E-state index contributed by atoms with van der Waals surface area (Å²) in [6.07, 6.45) is 3.12. The van der Waals surface area contributed by atoms with Crippen LogP contribution in [0.25, 0.3) is 11.4 Å². The molecule has 1 saturated heterocycles. The Balaban J connectivity index is 1.93. The Morgan fingerprint density at radius 2 is 2.33 bits per heavy atom. The molecule has 3 rings (SSSR count). The van der Waals surface area contributed by atoms with Crippen LogP contribution < -0.4 is 10.1 Å². The Morgan fingerprint density at radius 3 is 2.95 bits per heavy atom. The van der Waals surface area contributed by atoms with E-state index in [2.05, 4.69) is 38.3 Å². The highest BCUT2D eigenvalue weighted by Gasteiger charge is 2.38. The molecule has 2 heterocycles. The maximum atomic E-state index is 5.52. The molecule has 112 valence electrons. The van der Waals surface area contributed by atoms with Gasteiger partial charge in [0, 0.05) is 5.56 Å². The van der Waals surface area contributed by atoms with Crippen molar-refractivity contribution in [2.24, 2.45) is 0 Å². The largest absolute Gasteiger partial charge is 0.496 e. The predicted octanol–water partition coefficient (Wildman–Crippen LogP) is 3.50. The molecule has 0 radical (unpaired) electrons. The topological polar surface area (TPSA) is 60.2 Å². The second kappa shape index (κ2) is 5.77. The van der Waals surface area contributed by atoms with Crippen molar-refractivity contribution in [2.45, 2.75) is 31.7 Å². The van der Waals surface area contributed by atoms with Gasteiger partial charge in [0.25, 0.3) is 0 Å². The maximum Gasteiger partial charge on any atom is 0.247 e. The third-order valence-corrected chi connectivity index (χ3v) is 4.71. The fourth-order valence-corrected chi connectivity index (χ4v) is 3.32. The third-order valence-electron chi connectivity index (χ3n) is 4.09. The molecule has 6 heteroatoms. The zero-order valence-electron chi connectivity index (χ0n) is 12.1. The van der Waals surface area contributed by atoms with Crippen molar-refractivity contribution >= 4 is 15.9 Å². The first kappa shape index (κ1) is 14.5. The summed E-state index contributed by atoms with van der Waals surface area (Å²) >= 11 is 3.48. The van der Waals surface area contributed by atoms with E-state index in [0.717, 1.165) is 41.6 Å². The van der Waals surface area contributed by atoms with Crippen molar-refractivity contribution in [1.82, 2.24) is 15.5 Å². The number of nitrogens with zero attached hydrogens (tertiary/aromatic N) is 2. The van der Waals surface area contributed by atoms with Crippen LogP contribution in [0, 0.1) is 0 Å². The number of halogens is 1. The fraction of sp³-hybridized carbons (Fsp3) is 0.467. The molecule has 1 aromatic carbocycles. The summed E-state index contributed by atoms with van der Waals surface area (Å²) < 4.78 is 11.6. The third kappa shape index (κ3) is 2.58. The Hall–Kier alpha value is -1.40. The molecule has 1 aliphatic rings. The number of hydrogen-bond acceptors (Lipinski definition) is 5. The minimum absolute atomic E-state index is 0.158. The van der Waals surface area contributed by atoms with E-state index in [0.29, 0.717) is 11.7 Å². The van der Waals surface area contributed by atoms with Crippen molar-refractivity contribution in [3.05, 3.63) is 28.6 Å². The summed E-state index contributed by atoms with van der Waals surface area (Å²) in [5, 5.41) is 7.64. The van der Waals surface area contributed by atoms with Crippen LogP contribution in [0.1, 0.15) is 32.1 Å². The van der Waals surface area contributed by atoms with Crippen LogP contribution in [-0.2, 0) is 5.54 Å². The number of aromatic nitrogens is 2. The molecule has 21 heavy (non-hydrogen) atoms. The maximum absolute atomic E-state index is 5.52. The molecule has 0 spiro atoms. The SMILES string of the molecule is CCC1(c2nc(-c3ccc(OC)c(Br)c3)no2)CCCN1.